The molecule has 0 spiro atoms. The highest BCUT2D eigenvalue weighted by Crippen LogP contribution is 2.28. The van der Waals surface area contributed by atoms with Crippen LogP contribution in [-0.2, 0) is 22.3 Å². The molecule has 6 nitrogen and oxygen atoms in total. The number of carbonyl (C=O) groups is 2. The summed E-state index contributed by atoms with van der Waals surface area (Å²) in [4.78, 5) is 35.8. The molecule has 1 atom stereocenters. The highest BCUT2D eigenvalue weighted by molar-refractivity contribution is 6.00. The van der Waals surface area contributed by atoms with Crippen molar-refractivity contribution in [1.82, 2.24) is 4.57 Å². The van der Waals surface area contributed by atoms with Crippen LogP contribution in [0.3, 0.4) is 0 Å². The van der Waals surface area contributed by atoms with Crippen LogP contribution in [0.25, 0.3) is 0 Å². The molecule has 0 radical (unpaired) electrons. The van der Waals surface area contributed by atoms with Crippen molar-refractivity contribution in [2.24, 2.45) is 0 Å². The van der Waals surface area contributed by atoms with E-state index >= 15 is 0 Å². The SMILES string of the molecule is COc1ccc(C(=O)C(C)OC(=O)Cn2cc(C(F)(F)F)ccc2=O)cc1. The molecule has 9 heteroatoms. The predicted molar refractivity (Wildman–Crippen MR) is 88.6 cm³/mol. The van der Waals surface area contributed by atoms with Gasteiger partial charge in [0.1, 0.15) is 12.3 Å². The zero-order valence-corrected chi connectivity index (χ0v) is 14.4. The van der Waals surface area contributed by atoms with Gasteiger partial charge in [-0.3, -0.25) is 14.4 Å². The van der Waals surface area contributed by atoms with Crippen molar-refractivity contribution in [3.05, 3.63) is 64.1 Å². The van der Waals surface area contributed by atoms with Crippen LogP contribution in [0, 0.1) is 0 Å². The summed E-state index contributed by atoms with van der Waals surface area (Å²) < 4.78 is 48.6. The second-order valence-electron chi connectivity index (χ2n) is 5.61. The molecule has 1 heterocycles. The van der Waals surface area contributed by atoms with E-state index in [4.69, 9.17) is 9.47 Å². The summed E-state index contributed by atoms with van der Waals surface area (Å²) in [5, 5.41) is 0. The van der Waals surface area contributed by atoms with Crippen molar-refractivity contribution in [3.8, 4) is 5.75 Å². The fraction of sp³-hybridized carbons (Fsp3) is 0.278. The van der Waals surface area contributed by atoms with Gasteiger partial charge in [-0.05, 0) is 37.3 Å². The first-order valence-corrected chi connectivity index (χ1v) is 7.77. The number of halogens is 3. The molecular formula is C18H16F3NO5. The van der Waals surface area contributed by atoms with Crippen molar-refractivity contribution in [3.63, 3.8) is 0 Å². The van der Waals surface area contributed by atoms with Crippen molar-refractivity contribution < 1.29 is 32.2 Å². The van der Waals surface area contributed by atoms with Gasteiger partial charge in [0.05, 0.1) is 12.7 Å². The lowest BCUT2D eigenvalue weighted by Crippen LogP contribution is -2.30. The maximum atomic E-state index is 12.7. The fourth-order valence-electron chi connectivity index (χ4n) is 2.24. The number of alkyl halides is 3. The molecule has 0 bridgehead atoms. The highest BCUT2D eigenvalue weighted by atomic mass is 19.4. The summed E-state index contributed by atoms with van der Waals surface area (Å²) in [6, 6.07) is 7.43. The number of aromatic nitrogens is 1. The molecule has 0 N–H and O–H groups in total. The molecule has 27 heavy (non-hydrogen) atoms. The van der Waals surface area contributed by atoms with Gasteiger partial charge >= 0.3 is 12.1 Å². The number of ether oxygens (including phenoxy) is 2. The lowest BCUT2D eigenvalue weighted by molar-refractivity contribution is -0.147. The van der Waals surface area contributed by atoms with Crippen LogP contribution < -0.4 is 10.3 Å². The molecule has 0 aliphatic heterocycles. The largest absolute Gasteiger partial charge is 0.497 e. The normalized spacial score (nSPS) is 12.3. The maximum absolute atomic E-state index is 12.7. The monoisotopic (exact) mass is 383 g/mol. The number of esters is 1. The Balaban J connectivity index is 2.06. The zero-order valence-electron chi connectivity index (χ0n) is 14.4. The number of Topliss-reactive ketones (excluding diaryl/α,β-unsaturated/α-hetero) is 1. The van der Waals surface area contributed by atoms with Gasteiger partial charge in [0.25, 0.3) is 5.56 Å². The minimum absolute atomic E-state index is 0.271. The summed E-state index contributed by atoms with van der Waals surface area (Å²) in [5.41, 5.74) is -1.60. The smallest absolute Gasteiger partial charge is 0.417 e. The van der Waals surface area contributed by atoms with Gasteiger partial charge in [0.2, 0.25) is 5.78 Å². The van der Waals surface area contributed by atoms with E-state index < -0.39 is 41.7 Å². The van der Waals surface area contributed by atoms with E-state index in [1.54, 1.807) is 12.1 Å². The van der Waals surface area contributed by atoms with Gasteiger partial charge < -0.3 is 14.0 Å². The van der Waals surface area contributed by atoms with Gasteiger partial charge in [-0.2, -0.15) is 13.2 Å². The first-order valence-electron chi connectivity index (χ1n) is 7.77. The molecule has 0 aliphatic rings. The summed E-state index contributed by atoms with van der Waals surface area (Å²) in [6.07, 6.45) is -5.30. The average molecular weight is 383 g/mol. The van der Waals surface area contributed by atoms with Gasteiger partial charge in [-0.1, -0.05) is 0 Å². The number of hydrogen-bond acceptors (Lipinski definition) is 5. The van der Waals surface area contributed by atoms with Crippen LogP contribution in [-0.4, -0.2) is 29.5 Å². The molecule has 0 aliphatic carbocycles. The quantitative estimate of drug-likeness (QED) is 0.566. The van der Waals surface area contributed by atoms with Crippen LogP contribution in [0.2, 0.25) is 0 Å². The Morgan fingerprint density at radius 2 is 1.74 bits per heavy atom. The van der Waals surface area contributed by atoms with Crippen LogP contribution in [0.15, 0.2) is 47.4 Å². The number of pyridine rings is 1. The number of hydrogen-bond donors (Lipinski definition) is 0. The molecule has 144 valence electrons. The summed E-state index contributed by atoms with van der Waals surface area (Å²) in [7, 11) is 1.47. The van der Waals surface area contributed by atoms with Crippen molar-refractivity contribution in [2.75, 3.05) is 7.11 Å². The molecular weight excluding hydrogens is 367 g/mol. The molecule has 0 saturated carbocycles. The summed E-state index contributed by atoms with van der Waals surface area (Å²) in [5.74, 6) is -0.965. The highest BCUT2D eigenvalue weighted by Gasteiger charge is 2.31. The Kier molecular flexibility index (Phi) is 6.04. The van der Waals surface area contributed by atoms with Crippen molar-refractivity contribution >= 4 is 11.8 Å². The van der Waals surface area contributed by atoms with E-state index in [2.05, 4.69) is 0 Å². The predicted octanol–water partition coefficient (Wildman–Crippen LogP) is 2.69. The number of nitrogens with zero attached hydrogens (tertiary/aromatic N) is 1. The Bertz CT molecular complexity index is 887. The molecule has 0 amide bonds. The van der Waals surface area contributed by atoms with E-state index in [1.165, 1.54) is 26.2 Å². The molecule has 2 rings (SSSR count). The third-order valence-corrected chi connectivity index (χ3v) is 3.66. The van der Waals surface area contributed by atoms with E-state index in [0.29, 0.717) is 28.6 Å². The summed E-state index contributed by atoms with van der Waals surface area (Å²) in [6.45, 7) is 0.586. The Morgan fingerprint density at radius 3 is 2.30 bits per heavy atom. The number of carbonyl (C=O) groups excluding carboxylic acids is 2. The van der Waals surface area contributed by atoms with Gasteiger partial charge in [-0.25, -0.2) is 0 Å². The third-order valence-electron chi connectivity index (χ3n) is 3.66. The van der Waals surface area contributed by atoms with Crippen molar-refractivity contribution in [2.45, 2.75) is 25.7 Å². The minimum atomic E-state index is -4.66. The second-order valence-corrected chi connectivity index (χ2v) is 5.61. The Hall–Kier alpha value is -3.10. The molecule has 2 aromatic rings. The fourth-order valence-corrected chi connectivity index (χ4v) is 2.24. The van der Waals surface area contributed by atoms with E-state index in [9.17, 15) is 27.6 Å². The molecule has 0 fully saturated rings. The van der Waals surface area contributed by atoms with Crippen LogP contribution in [0.4, 0.5) is 13.2 Å². The van der Waals surface area contributed by atoms with Crippen molar-refractivity contribution in [1.29, 1.82) is 0 Å². The Labute approximate surface area is 152 Å². The maximum Gasteiger partial charge on any atom is 0.417 e. The second kappa shape index (κ2) is 8.07. The van der Waals surface area contributed by atoms with E-state index in [0.717, 1.165) is 0 Å². The number of ketones is 1. The van der Waals surface area contributed by atoms with Crippen LogP contribution in [0.1, 0.15) is 22.8 Å². The lowest BCUT2D eigenvalue weighted by Gasteiger charge is -2.14. The lowest BCUT2D eigenvalue weighted by atomic mass is 10.1. The van der Waals surface area contributed by atoms with Crippen LogP contribution in [0.5, 0.6) is 5.75 Å². The standard InChI is InChI=1S/C18H16F3NO5/c1-11(17(25)12-3-6-14(26-2)7-4-12)27-16(24)10-22-9-13(18(19,20)21)5-8-15(22)23/h3-9,11H,10H2,1-2H3. The van der Waals surface area contributed by atoms with Gasteiger partial charge in [0.15, 0.2) is 6.10 Å². The zero-order chi connectivity index (χ0) is 20.2. The number of rotatable bonds is 6. The first-order chi connectivity index (χ1) is 12.6. The van der Waals surface area contributed by atoms with E-state index in [1.807, 2.05) is 0 Å². The Morgan fingerprint density at radius 1 is 1.11 bits per heavy atom. The third kappa shape index (κ3) is 5.19. The molecule has 0 saturated heterocycles. The number of methoxy groups -OCH3 is 1. The molecule has 1 unspecified atom stereocenters. The summed E-state index contributed by atoms with van der Waals surface area (Å²) >= 11 is 0. The van der Waals surface area contributed by atoms with Gasteiger partial charge in [-0.15, -0.1) is 0 Å². The first kappa shape index (κ1) is 20.2. The van der Waals surface area contributed by atoms with Crippen LogP contribution >= 0.6 is 0 Å². The average Bonchev–Trinajstić information content (AvgIpc) is 2.62. The molecule has 1 aromatic heterocycles. The number of benzene rings is 1. The van der Waals surface area contributed by atoms with E-state index in [-0.39, 0.29) is 5.56 Å². The molecule has 1 aromatic carbocycles. The van der Waals surface area contributed by atoms with Gasteiger partial charge in [0, 0.05) is 17.8 Å². The topological polar surface area (TPSA) is 74.6 Å². The minimum Gasteiger partial charge on any atom is -0.497 e.